The van der Waals surface area contributed by atoms with E-state index in [0.29, 0.717) is 30.3 Å². The number of thioether (sulfide) groups is 1. The van der Waals surface area contributed by atoms with Crippen LogP contribution in [0.5, 0.6) is 0 Å². The molecule has 0 bridgehead atoms. The average molecular weight is 390 g/mol. The predicted octanol–water partition coefficient (Wildman–Crippen LogP) is 2.70. The summed E-state index contributed by atoms with van der Waals surface area (Å²) in [7, 11) is 0. The quantitative estimate of drug-likeness (QED) is 0.812. The van der Waals surface area contributed by atoms with Crippen molar-refractivity contribution >= 4 is 35.2 Å². The van der Waals surface area contributed by atoms with Crippen LogP contribution < -0.4 is 5.32 Å². The van der Waals surface area contributed by atoms with Crippen molar-refractivity contribution in [3.63, 3.8) is 0 Å². The monoisotopic (exact) mass is 389 g/mol. The number of likely N-dealkylation sites (tertiary alicyclic amines) is 1. The largest absolute Gasteiger partial charge is 0.338 e. The molecular weight excluding hydrogens is 362 g/mol. The van der Waals surface area contributed by atoms with Gasteiger partial charge < -0.3 is 15.1 Å². The van der Waals surface area contributed by atoms with E-state index in [2.05, 4.69) is 5.32 Å². The lowest BCUT2D eigenvalue weighted by Crippen LogP contribution is -2.46. The van der Waals surface area contributed by atoms with Crippen LogP contribution in [0.2, 0.25) is 0 Å². The lowest BCUT2D eigenvalue weighted by atomic mass is 10.1. The van der Waals surface area contributed by atoms with Crippen molar-refractivity contribution < 1.29 is 14.4 Å². The number of amides is 3. The number of benzene rings is 1. The zero-order chi connectivity index (χ0) is 19.4. The highest BCUT2D eigenvalue weighted by molar-refractivity contribution is 7.99. The van der Waals surface area contributed by atoms with Crippen LogP contribution in [0.3, 0.4) is 0 Å². The molecule has 2 saturated heterocycles. The topological polar surface area (TPSA) is 69.7 Å². The zero-order valence-corrected chi connectivity index (χ0v) is 16.8. The second kappa shape index (κ2) is 8.78. The number of nitrogens with zero attached hydrogens (tertiary/aromatic N) is 2. The van der Waals surface area contributed by atoms with E-state index in [1.54, 1.807) is 16.7 Å². The molecule has 0 spiro atoms. The third-order valence-corrected chi connectivity index (χ3v) is 6.25. The van der Waals surface area contributed by atoms with Crippen LogP contribution >= 0.6 is 11.8 Å². The van der Waals surface area contributed by atoms with Crippen LogP contribution in [0.4, 0.5) is 5.69 Å². The van der Waals surface area contributed by atoms with Crippen LogP contribution in [0.25, 0.3) is 0 Å². The van der Waals surface area contributed by atoms with Crippen molar-refractivity contribution in [2.24, 2.45) is 5.92 Å². The molecule has 0 saturated carbocycles. The van der Waals surface area contributed by atoms with Gasteiger partial charge in [-0.1, -0.05) is 26.0 Å². The fourth-order valence-corrected chi connectivity index (χ4v) is 4.56. The second-order valence-electron chi connectivity index (χ2n) is 7.24. The van der Waals surface area contributed by atoms with E-state index in [4.69, 9.17) is 0 Å². The van der Waals surface area contributed by atoms with Crippen LogP contribution in [0.15, 0.2) is 24.3 Å². The normalized spacial score (nSPS) is 20.8. The van der Waals surface area contributed by atoms with E-state index in [-0.39, 0.29) is 23.6 Å². The molecule has 6 nitrogen and oxygen atoms in total. The van der Waals surface area contributed by atoms with E-state index in [9.17, 15) is 14.4 Å². The fraction of sp³-hybridized carbons (Fsp3) is 0.550. The van der Waals surface area contributed by atoms with Crippen molar-refractivity contribution in [2.45, 2.75) is 45.7 Å². The van der Waals surface area contributed by atoms with Crippen molar-refractivity contribution in [1.29, 1.82) is 0 Å². The number of rotatable bonds is 6. The molecule has 2 aliphatic heterocycles. The number of anilines is 1. The maximum atomic E-state index is 12.8. The number of hydrogen-bond acceptors (Lipinski definition) is 4. The van der Waals surface area contributed by atoms with Gasteiger partial charge in [-0.05, 0) is 30.5 Å². The van der Waals surface area contributed by atoms with E-state index < -0.39 is 6.04 Å². The lowest BCUT2D eigenvalue weighted by Gasteiger charge is -2.25. The van der Waals surface area contributed by atoms with Gasteiger partial charge in [-0.25, -0.2) is 0 Å². The lowest BCUT2D eigenvalue weighted by molar-refractivity contribution is -0.139. The molecule has 7 heteroatoms. The number of carbonyl (C=O) groups excluding carboxylic acids is 3. The highest BCUT2D eigenvalue weighted by Crippen LogP contribution is 2.25. The Kier molecular flexibility index (Phi) is 6.42. The van der Waals surface area contributed by atoms with Crippen LogP contribution in [0.1, 0.15) is 38.7 Å². The minimum atomic E-state index is -0.430. The van der Waals surface area contributed by atoms with Crippen molar-refractivity contribution in [3.8, 4) is 0 Å². The summed E-state index contributed by atoms with van der Waals surface area (Å²) < 4.78 is 0. The highest BCUT2D eigenvalue weighted by atomic mass is 32.2. The SMILES string of the molecule is CC[C@@H](C)C(=O)N1CSC[C@@H]1C(=O)Nc1cccc(CN2CCCC2=O)c1. The Morgan fingerprint density at radius 2 is 2.19 bits per heavy atom. The first-order chi connectivity index (χ1) is 13.0. The molecule has 27 heavy (non-hydrogen) atoms. The molecule has 2 atom stereocenters. The van der Waals surface area contributed by atoms with E-state index in [0.717, 1.165) is 24.9 Å². The standard InChI is InChI=1S/C20H27N3O3S/c1-3-14(2)20(26)23-13-27-12-17(23)19(25)21-16-7-4-6-15(10-16)11-22-9-5-8-18(22)24/h4,6-7,10,14,17H,3,5,8-9,11-13H2,1-2H3,(H,21,25)/t14-,17-/m1/s1. The Bertz CT molecular complexity index is 724. The van der Waals surface area contributed by atoms with Gasteiger partial charge in [0.15, 0.2) is 0 Å². The average Bonchev–Trinajstić information content (AvgIpc) is 3.30. The molecule has 2 fully saturated rings. The van der Waals surface area contributed by atoms with Gasteiger partial charge in [0.25, 0.3) is 0 Å². The summed E-state index contributed by atoms with van der Waals surface area (Å²) in [6.07, 6.45) is 2.30. The fourth-order valence-electron chi connectivity index (χ4n) is 3.40. The van der Waals surface area contributed by atoms with Gasteiger partial charge in [0, 0.05) is 36.9 Å². The smallest absolute Gasteiger partial charge is 0.248 e. The highest BCUT2D eigenvalue weighted by Gasteiger charge is 2.36. The number of hydrogen-bond donors (Lipinski definition) is 1. The first kappa shape index (κ1) is 19.7. The Morgan fingerprint density at radius 3 is 2.89 bits per heavy atom. The van der Waals surface area contributed by atoms with Crippen LogP contribution in [-0.4, -0.2) is 51.7 Å². The molecule has 2 aliphatic rings. The van der Waals surface area contributed by atoms with Gasteiger partial charge in [-0.15, -0.1) is 11.8 Å². The minimum Gasteiger partial charge on any atom is -0.338 e. The zero-order valence-electron chi connectivity index (χ0n) is 15.9. The second-order valence-corrected chi connectivity index (χ2v) is 8.24. The summed E-state index contributed by atoms with van der Waals surface area (Å²) in [5, 5.41) is 2.95. The Labute approximate surface area is 164 Å². The van der Waals surface area contributed by atoms with E-state index >= 15 is 0 Å². The summed E-state index contributed by atoms with van der Waals surface area (Å²) in [6, 6.07) is 7.17. The molecule has 0 aliphatic carbocycles. The molecular formula is C20H27N3O3S. The van der Waals surface area contributed by atoms with Crippen molar-refractivity contribution in [2.75, 3.05) is 23.5 Å². The third-order valence-electron chi connectivity index (χ3n) is 5.24. The minimum absolute atomic E-state index is 0.0453. The third kappa shape index (κ3) is 4.64. The summed E-state index contributed by atoms with van der Waals surface area (Å²) >= 11 is 1.61. The molecule has 0 unspecified atom stereocenters. The Hall–Kier alpha value is -2.02. The summed E-state index contributed by atoms with van der Waals surface area (Å²) in [6.45, 7) is 5.25. The van der Waals surface area contributed by atoms with E-state index in [1.807, 2.05) is 43.0 Å². The van der Waals surface area contributed by atoms with Crippen LogP contribution in [-0.2, 0) is 20.9 Å². The summed E-state index contributed by atoms with van der Waals surface area (Å²) in [5.41, 5.74) is 1.70. The van der Waals surface area contributed by atoms with E-state index in [1.165, 1.54) is 0 Å². The molecule has 1 N–H and O–H groups in total. The molecule has 146 valence electrons. The molecule has 2 heterocycles. The molecule has 3 rings (SSSR count). The maximum Gasteiger partial charge on any atom is 0.248 e. The molecule has 0 radical (unpaired) electrons. The summed E-state index contributed by atoms with van der Waals surface area (Å²) in [5.74, 6) is 1.20. The summed E-state index contributed by atoms with van der Waals surface area (Å²) in [4.78, 5) is 40.6. The van der Waals surface area contributed by atoms with Gasteiger partial charge in [-0.3, -0.25) is 14.4 Å². The predicted molar refractivity (Wildman–Crippen MR) is 107 cm³/mol. The first-order valence-electron chi connectivity index (χ1n) is 9.55. The van der Waals surface area contributed by atoms with Crippen LogP contribution in [0, 0.1) is 5.92 Å². The Morgan fingerprint density at radius 1 is 1.37 bits per heavy atom. The van der Waals surface area contributed by atoms with Gasteiger partial charge in [-0.2, -0.15) is 0 Å². The molecule has 3 amide bonds. The van der Waals surface area contributed by atoms with Crippen molar-refractivity contribution in [1.82, 2.24) is 9.80 Å². The first-order valence-corrected chi connectivity index (χ1v) is 10.7. The van der Waals surface area contributed by atoms with Gasteiger partial charge in [0.1, 0.15) is 6.04 Å². The molecule has 1 aromatic rings. The Balaban J connectivity index is 1.64. The van der Waals surface area contributed by atoms with Gasteiger partial charge in [0.05, 0.1) is 5.88 Å². The molecule has 0 aromatic heterocycles. The van der Waals surface area contributed by atoms with Gasteiger partial charge in [0.2, 0.25) is 17.7 Å². The van der Waals surface area contributed by atoms with Crippen molar-refractivity contribution in [3.05, 3.63) is 29.8 Å². The molecule has 1 aromatic carbocycles. The maximum absolute atomic E-state index is 12.8. The van der Waals surface area contributed by atoms with Gasteiger partial charge >= 0.3 is 0 Å². The number of nitrogens with one attached hydrogen (secondary N) is 1. The number of carbonyl (C=O) groups is 3.